The zero-order chi connectivity index (χ0) is 14.7. The third kappa shape index (κ3) is 3.00. The molecule has 0 aliphatic carbocycles. The maximum absolute atomic E-state index is 12.2. The van der Waals surface area contributed by atoms with E-state index in [1.807, 2.05) is 41.8 Å². The van der Waals surface area contributed by atoms with E-state index in [0.717, 1.165) is 5.56 Å². The van der Waals surface area contributed by atoms with Crippen LogP contribution in [0.1, 0.15) is 21.7 Å². The molecule has 0 spiro atoms. The largest absolute Gasteiger partial charge is 0.335 e. The lowest BCUT2D eigenvalue weighted by Crippen LogP contribution is -2.51. The van der Waals surface area contributed by atoms with Gasteiger partial charge >= 0.3 is 6.03 Å². The van der Waals surface area contributed by atoms with Crippen LogP contribution in [0.15, 0.2) is 52.9 Å². The van der Waals surface area contributed by atoms with E-state index in [4.69, 9.17) is 0 Å². The molecule has 1 aromatic heterocycles. The molecule has 0 saturated heterocycles. The number of urea groups is 1. The first-order valence-electron chi connectivity index (χ1n) is 6.50. The van der Waals surface area contributed by atoms with Crippen LogP contribution in [0.4, 0.5) is 4.79 Å². The zero-order valence-electron chi connectivity index (χ0n) is 11.1. The Hall–Kier alpha value is -2.47. The Morgan fingerprint density at radius 3 is 2.71 bits per heavy atom. The summed E-state index contributed by atoms with van der Waals surface area (Å²) in [5.41, 5.74) is 3.95. The van der Waals surface area contributed by atoms with Crippen molar-refractivity contribution >= 4 is 28.9 Å². The van der Waals surface area contributed by atoms with Crippen LogP contribution in [0, 0.1) is 0 Å². The molecular formula is C15H13N3O2S. The van der Waals surface area contributed by atoms with Crippen molar-refractivity contribution in [1.82, 2.24) is 10.7 Å². The molecule has 1 aliphatic rings. The number of rotatable bonds is 4. The fourth-order valence-corrected chi connectivity index (χ4v) is 2.87. The molecule has 0 fully saturated rings. The molecule has 106 valence electrons. The lowest BCUT2D eigenvalue weighted by molar-refractivity contribution is 0.0981. The van der Waals surface area contributed by atoms with Crippen LogP contribution in [0.5, 0.6) is 0 Å². The third-order valence-electron chi connectivity index (χ3n) is 3.17. The average molecular weight is 299 g/mol. The highest BCUT2D eigenvalue weighted by Gasteiger charge is 2.27. The number of nitrogens with one attached hydrogen (secondary N) is 2. The van der Waals surface area contributed by atoms with E-state index < -0.39 is 12.1 Å². The zero-order valence-corrected chi connectivity index (χ0v) is 11.9. The Morgan fingerprint density at radius 1 is 1.19 bits per heavy atom. The molecule has 2 N–H and O–H groups in total. The summed E-state index contributed by atoms with van der Waals surface area (Å²) in [6.45, 7) is 0. The van der Waals surface area contributed by atoms with Crippen molar-refractivity contribution < 1.29 is 9.59 Å². The quantitative estimate of drug-likeness (QED) is 0.851. The Labute approximate surface area is 125 Å². The van der Waals surface area contributed by atoms with Gasteiger partial charge in [0.25, 0.3) is 0 Å². The first-order chi connectivity index (χ1) is 10.2. The van der Waals surface area contributed by atoms with Crippen molar-refractivity contribution in [2.75, 3.05) is 0 Å². The topological polar surface area (TPSA) is 70.6 Å². The summed E-state index contributed by atoms with van der Waals surface area (Å²) in [6, 6.07) is 12.3. The van der Waals surface area contributed by atoms with Gasteiger partial charge in [-0.3, -0.25) is 4.79 Å². The SMILES string of the molecule is O=C1NN=C(c2ccccc2)C(CC(=O)c2cccs2)N1. The van der Waals surface area contributed by atoms with Gasteiger partial charge in [0, 0.05) is 6.42 Å². The highest BCUT2D eigenvalue weighted by molar-refractivity contribution is 7.12. The van der Waals surface area contributed by atoms with Gasteiger partial charge in [-0.15, -0.1) is 11.3 Å². The van der Waals surface area contributed by atoms with Crippen LogP contribution in [0.25, 0.3) is 0 Å². The Kier molecular flexibility index (Phi) is 3.79. The molecule has 0 saturated carbocycles. The lowest BCUT2D eigenvalue weighted by Gasteiger charge is -2.24. The Bertz CT molecular complexity index is 680. The van der Waals surface area contributed by atoms with E-state index in [9.17, 15) is 9.59 Å². The lowest BCUT2D eigenvalue weighted by atomic mass is 9.98. The van der Waals surface area contributed by atoms with E-state index >= 15 is 0 Å². The number of hydrogen-bond donors (Lipinski definition) is 2. The second kappa shape index (κ2) is 5.88. The molecule has 2 aromatic rings. The predicted molar refractivity (Wildman–Crippen MR) is 81.7 cm³/mol. The van der Waals surface area contributed by atoms with Crippen molar-refractivity contribution in [2.24, 2.45) is 5.10 Å². The number of carbonyl (C=O) groups is 2. The molecule has 3 rings (SSSR count). The van der Waals surface area contributed by atoms with Crippen LogP contribution in [-0.4, -0.2) is 23.6 Å². The van der Waals surface area contributed by atoms with Crippen LogP contribution < -0.4 is 10.7 Å². The van der Waals surface area contributed by atoms with Gasteiger partial charge in [0.15, 0.2) is 5.78 Å². The number of benzene rings is 1. The van der Waals surface area contributed by atoms with Gasteiger partial charge in [-0.25, -0.2) is 10.2 Å². The van der Waals surface area contributed by atoms with Crippen LogP contribution >= 0.6 is 11.3 Å². The van der Waals surface area contributed by atoms with E-state index in [1.165, 1.54) is 11.3 Å². The van der Waals surface area contributed by atoms with Crippen LogP contribution in [-0.2, 0) is 0 Å². The predicted octanol–water partition coefficient (Wildman–Crippen LogP) is 2.41. The molecule has 0 bridgehead atoms. The van der Waals surface area contributed by atoms with Gasteiger partial charge in [-0.2, -0.15) is 5.10 Å². The van der Waals surface area contributed by atoms with Crippen LogP contribution in [0.3, 0.4) is 0 Å². The fourth-order valence-electron chi connectivity index (χ4n) is 2.19. The highest BCUT2D eigenvalue weighted by Crippen LogP contribution is 2.16. The summed E-state index contributed by atoms with van der Waals surface area (Å²) in [5, 5.41) is 8.72. The average Bonchev–Trinajstić information content (AvgIpc) is 3.03. The molecule has 6 heteroatoms. The van der Waals surface area contributed by atoms with Crippen LogP contribution in [0.2, 0.25) is 0 Å². The standard InChI is InChI=1S/C15H13N3O2S/c19-12(13-7-4-8-21-13)9-11-14(17-18-15(20)16-11)10-5-2-1-3-6-10/h1-8,11H,9H2,(H2,16,18,20). The highest BCUT2D eigenvalue weighted by atomic mass is 32.1. The number of carbonyl (C=O) groups excluding carboxylic acids is 2. The van der Waals surface area contributed by atoms with Crippen molar-refractivity contribution in [3.8, 4) is 0 Å². The summed E-state index contributed by atoms with van der Waals surface area (Å²) in [5.74, 6) is 0.000770. The second-order valence-corrected chi connectivity index (χ2v) is 5.55. The second-order valence-electron chi connectivity index (χ2n) is 4.61. The number of hydrazone groups is 1. The number of thiophene rings is 1. The monoisotopic (exact) mass is 299 g/mol. The van der Waals surface area contributed by atoms with Gasteiger partial charge < -0.3 is 5.32 Å². The molecule has 5 nitrogen and oxygen atoms in total. The van der Waals surface area contributed by atoms with Gasteiger partial charge in [-0.1, -0.05) is 36.4 Å². The van der Waals surface area contributed by atoms with Crippen molar-refractivity contribution in [2.45, 2.75) is 12.5 Å². The van der Waals surface area contributed by atoms with E-state index in [2.05, 4.69) is 15.8 Å². The maximum Gasteiger partial charge on any atom is 0.335 e. The van der Waals surface area contributed by atoms with E-state index in [1.54, 1.807) is 6.07 Å². The third-order valence-corrected chi connectivity index (χ3v) is 4.08. The Balaban J connectivity index is 1.84. The fraction of sp³-hybridized carbons (Fsp3) is 0.133. The summed E-state index contributed by atoms with van der Waals surface area (Å²) in [6.07, 6.45) is 0.196. The summed E-state index contributed by atoms with van der Waals surface area (Å²) >= 11 is 1.40. The summed E-state index contributed by atoms with van der Waals surface area (Å²) in [4.78, 5) is 24.4. The molecule has 1 unspecified atom stereocenters. The van der Waals surface area contributed by atoms with Gasteiger partial charge in [0.05, 0.1) is 16.6 Å². The minimum absolute atomic E-state index is 0.000770. The number of nitrogens with zero attached hydrogens (tertiary/aromatic N) is 1. The van der Waals surface area contributed by atoms with Crippen molar-refractivity contribution in [3.05, 3.63) is 58.3 Å². The maximum atomic E-state index is 12.2. The van der Waals surface area contributed by atoms with E-state index in [-0.39, 0.29) is 12.2 Å². The molecule has 2 heterocycles. The first-order valence-corrected chi connectivity index (χ1v) is 7.38. The minimum Gasteiger partial charge on any atom is -0.328 e. The van der Waals surface area contributed by atoms with Gasteiger partial charge in [-0.05, 0) is 17.0 Å². The number of amides is 2. The van der Waals surface area contributed by atoms with E-state index in [0.29, 0.717) is 10.6 Å². The Morgan fingerprint density at radius 2 is 2.00 bits per heavy atom. The van der Waals surface area contributed by atoms with Gasteiger partial charge in [0.2, 0.25) is 0 Å². The number of ketones is 1. The van der Waals surface area contributed by atoms with Gasteiger partial charge in [0.1, 0.15) is 0 Å². The molecule has 0 radical (unpaired) electrons. The van der Waals surface area contributed by atoms with Crippen molar-refractivity contribution in [1.29, 1.82) is 0 Å². The smallest absolute Gasteiger partial charge is 0.328 e. The normalized spacial score (nSPS) is 17.6. The number of hydrogen-bond acceptors (Lipinski definition) is 4. The molecule has 1 aliphatic heterocycles. The summed E-state index contributed by atoms with van der Waals surface area (Å²) in [7, 11) is 0. The molecule has 1 aromatic carbocycles. The summed E-state index contributed by atoms with van der Waals surface area (Å²) < 4.78 is 0. The minimum atomic E-state index is -0.421. The number of Topliss-reactive ketones (excluding diaryl/α,β-unsaturated/α-hetero) is 1. The van der Waals surface area contributed by atoms with Crippen molar-refractivity contribution in [3.63, 3.8) is 0 Å². The molecule has 2 amide bonds. The molecular weight excluding hydrogens is 286 g/mol. The first kappa shape index (κ1) is 13.5. The molecule has 21 heavy (non-hydrogen) atoms. The molecule has 1 atom stereocenters.